The van der Waals surface area contributed by atoms with E-state index in [1.807, 2.05) is 6.07 Å². The van der Waals surface area contributed by atoms with E-state index in [1.165, 1.54) is 0 Å². The van der Waals surface area contributed by atoms with Crippen molar-refractivity contribution in [3.63, 3.8) is 0 Å². The number of hydrogen-bond donors (Lipinski definition) is 9. The molecule has 14 nitrogen and oxygen atoms in total. The summed E-state index contributed by atoms with van der Waals surface area (Å²) in [5.74, 6) is 0.584. The summed E-state index contributed by atoms with van der Waals surface area (Å²) in [7, 11) is 6.92. The standard InChI is InChI=1S/C30H39N11O3/c1-31-29(32-2)37-11-5-10-35-27(43)24-15-18-6-8-21(17-23(18)41-24)39-28(44)25-16-20-14-19(7-9-22(20)40-25)26(42)36-12-13-38-30(33-3)34-4/h6-9,14-17,40-41H,5,10-13H2,1-4H3,(H,35,43)(H,36,42)(H,39,44)(H2,31,32,37)(H2,33,34,38). The molecule has 0 unspecified atom stereocenters. The van der Waals surface area contributed by atoms with Crippen LogP contribution in [-0.2, 0) is 0 Å². The zero-order valence-electron chi connectivity index (χ0n) is 25.3. The van der Waals surface area contributed by atoms with E-state index >= 15 is 0 Å². The van der Waals surface area contributed by atoms with Crippen LogP contribution in [0.2, 0.25) is 0 Å². The number of H-pyrrole nitrogens is 2. The number of aromatic nitrogens is 2. The molecule has 3 amide bonds. The molecule has 232 valence electrons. The number of guanidine groups is 2. The summed E-state index contributed by atoms with van der Waals surface area (Å²) >= 11 is 0. The number of anilines is 1. The minimum absolute atomic E-state index is 0.207. The minimum atomic E-state index is -0.330. The minimum Gasteiger partial charge on any atom is -0.359 e. The lowest BCUT2D eigenvalue weighted by Crippen LogP contribution is -2.39. The molecule has 0 spiro atoms. The second kappa shape index (κ2) is 15.1. The van der Waals surface area contributed by atoms with Gasteiger partial charge in [-0.15, -0.1) is 0 Å². The molecule has 9 N–H and O–H groups in total. The number of carbonyl (C=O) groups excluding carboxylic acids is 3. The number of hydrogen-bond acceptors (Lipinski definition) is 5. The first-order chi connectivity index (χ1) is 21.3. The third-order valence-electron chi connectivity index (χ3n) is 6.81. The summed E-state index contributed by atoms with van der Waals surface area (Å²) in [5.41, 5.74) is 3.31. The van der Waals surface area contributed by atoms with E-state index in [1.54, 1.807) is 70.7 Å². The van der Waals surface area contributed by atoms with Gasteiger partial charge in [0.05, 0.1) is 0 Å². The third-order valence-corrected chi connectivity index (χ3v) is 6.81. The number of carbonyl (C=O) groups is 3. The molecule has 0 atom stereocenters. The number of aliphatic imine (C=N–C) groups is 2. The highest BCUT2D eigenvalue weighted by Gasteiger charge is 2.14. The summed E-state index contributed by atoms with van der Waals surface area (Å²) in [5, 5.41) is 22.3. The van der Waals surface area contributed by atoms with Gasteiger partial charge in [-0.2, -0.15) is 0 Å². The van der Waals surface area contributed by atoms with Gasteiger partial charge in [0.1, 0.15) is 11.4 Å². The molecule has 0 aliphatic carbocycles. The molecular formula is C30H39N11O3. The second-order valence-corrected chi connectivity index (χ2v) is 9.79. The number of rotatable bonds is 11. The monoisotopic (exact) mass is 601 g/mol. The van der Waals surface area contributed by atoms with Crippen LogP contribution in [0.5, 0.6) is 0 Å². The van der Waals surface area contributed by atoms with Gasteiger partial charge >= 0.3 is 0 Å². The fourth-order valence-electron chi connectivity index (χ4n) is 4.53. The summed E-state index contributed by atoms with van der Waals surface area (Å²) in [6.45, 7) is 2.11. The number of nitrogens with zero attached hydrogens (tertiary/aromatic N) is 2. The first-order valence-corrected chi connectivity index (χ1v) is 14.2. The highest BCUT2D eigenvalue weighted by molar-refractivity contribution is 6.08. The van der Waals surface area contributed by atoms with Crippen molar-refractivity contribution in [3.05, 3.63) is 65.5 Å². The maximum Gasteiger partial charge on any atom is 0.272 e. The number of fused-ring (bicyclic) bond motifs is 2. The number of nitrogens with one attached hydrogen (secondary N) is 9. The molecule has 2 aromatic carbocycles. The van der Waals surface area contributed by atoms with E-state index in [4.69, 9.17) is 0 Å². The van der Waals surface area contributed by atoms with Crippen LogP contribution in [0.25, 0.3) is 21.8 Å². The molecule has 0 bridgehead atoms. The van der Waals surface area contributed by atoms with Crippen molar-refractivity contribution >= 4 is 57.1 Å². The van der Waals surface area contributed by atoms with Gasteiger partial charge in [-0.3, -0.25) is 24.4 Å². The molecular weight excluding hydrogens is 562 g/mol. The van der Waals surface area contributed by atoms with Crippen LogP contribution >= 0.6 is 0 Å². The van der Waals surface area contributed by atoms with Crippen molar-refractivity contribution < 1.29 is 14.4 Å². The molecule has 4 rings (SSSR count). The van der Waals surface area contributed by atoms with Gasteiger partial charge in [0.25, 0.3) is 17.7 Å². The van der Waals surface area contributed by atoms with Gasteiger partial charge < -0.3 is 47.2 Å². The Kier molecular flexibility index (Phi) is 10.8. The Bertz CT molecular complexity index is 1690. The second-order valence-electron chi connectivity index (χ2n) is 9.79. The van der Waals surface area contributed by atoms with E-state index in [-0.39, 0.29) is 17.7 Å². The van der Waals surface area contributed by atoms with Gasteiger partial charge in [0.15, 0.2) is 11.9 Å². The Morgan fingerprint density at radius 1 is 0.636 bits per heavy atom. The maximum absolute atomic E-state index is 13.0. The van der Waals surface area contributed by atoms with Crippen molar-refractivity contribution in [2.45, 2.75) is 6.42 Å². The van der Waals surface area contributed by atoms with E-state index in [2.05, 4.69) is 57.2 Å². The van der Waals surface area contributed by atoms with E-state index < -0.39 is 0 Å². The van der Waals surface area contributed by atoms with Gasteiger partial charge in [0, 0.05) is 87.4 Å². The molecule has 2 heterocycles. The molecule has 0 aliphatic rings. The molecule has 4 aromatic rings. The molecule has 0 saturated heterocycles. The van der Waals surface area contributed by atoms with Crippen LogP contribution in [0.3, 0.4) is 0 Å². The predicted molar refractivity (Wildman–Crippen MR) is 175 cm³/mol. The Morgan fingerprint density at radius 3 is 1.98 bits per heavy atom. The lowest BCUT2D eigenvalue weighted by atomic mass is 10.1. The predicted octanol–water partition coefficient (Wildman–Crippen LogP) is 1.34. The largest absolute Gasteiger partial charge is 0.359 e. The summed E-state index contributed by atoms with van der Waals surface area (Å²) in [6, 6.07) is 14.1. The Morgan fingerprint density at radius 2 is 1.25 bits per heavy atom. The fraction of sp³-hybridized carbons (Fsp3) is 0.300. The number of benzene rings is 2. The van der Waals surface area contributed by atoms with Crippen LogP contribution < -0.4 is 37.2 Å². The highest BCUT2D eigenvalue weighted by Crippen LogP contribution is 2.22. The third kappa shape index (κ3) is 8.06. The maximum atomic E-state index is 13.0. The smallest absolute Gasteiger partial charge is 0.272 e. The molecule has 2 aromatic heterocycles. The summed E-state index contributed by atoms with van der Waals surface area (Å²) < 4.78 is 0. The van der Waals surface area contributed by atoms with Crippen molar-refractivity contribution in [2.75, 3.05) is 59.7 Å². The highest BCUT2D eigenvalue weighted by atomic mass is 16.2. The van der Waals surface area contributed by atoms with Gasteiger partial charge in [0.2, 0.25) is 0 Å². The van der Waals surface area contributed by atoms with Gasteiger partial charge in [-0.25, -0.2) is 0 Å². The topological polar surface area (TPSA) is 192 Å². The summed E-state index contributed by atoms with van der Waals surface area (Å²) in [4.78, 5) is 52.6. The van der Waals surface area contributed by atoms with Crippen LogP contribution in [0.15, 0.2) is 58.5 Å². The Hall–Kier alpha value is -5.53. The van der Waals surface area contributed by atoms with Crippen molar-refractivity contribution in [3.8, 4) is 0 Å². The van der Waals surface area contributed by atoms with Crippen molar-refractivity contribution in [1.29, 1.82) is 0 Å². The van der Waals surface area contributed by atoms with Gasteiger partial charge in [-0.05, 0) is 48.9 Å². The average Bonchev–Trinajstić information content (AvgIpc) is 3.67. The zero-order chi connectivity index (χ0) is 31.5. The average molecular weight is 602 g/mol. The van der Waals surface area contributed by atoms with E-state index in [9.17, 15) is 14.4 Å². The van der Waals surface area contributed by atoms with Crippen LogP contribution in [0.4, 0.5) is 5.69 Å². The van der Waals surface area contributed by atoms with Gasteiger partial charge in [-0.1, -0.05) is 6.07 Å². The van der Waals surface area contributed by atoms with E-state index in [0.29, 0.717) is 60.7 Å². The number of amides is 3. The zero-order valence-corrected chi connectivity index (χ0v) is 25.3. The van der Waals surface area contributed by atoms with Crippen molar-refractivity contribution in [1.82, 2.24) is 41.9 Å². The Balaban J connectivity index is 1.32. The molecule has 0 fully saturated rings. The molecule has 0 radical (unpaired) electrons. The van der Waals surface area contributed by atoms with Crippen LogP contribution in [0.1, 0.15) is 37.8 Å². The molecule has 0 saturated carbocycles. The lowest BCUT2D eigenvalue weighted by Gasteiger charge is -2.09. The molecule has 14 heteroatoms. The lowest BCUT2D eigenvalue weighted by molar-refractivity contribution is 0.0943. The SMILES string of the molecule is CN=C(NC)NCCCNC(=O)c1cc2ccc(NC(=O)c3cc4cc(C(=O)NCCNC(=NC)NC)ccc4[nH]3)cc2[nH]1. The molecule has 0 aliphatic heterocycles. The van der Waals surface area contributed by atoms with Crippen molar-refractivity contribution in [2.24, 2.45) is 9.98 Å². The summed E-state index contributed by atoms with van der Waals surface area (Å²) in [6.07, 6.45) is 0.732. The fourth-order valence-corrected chi connectivity index (χ4v) is 4.53. The Labute approximate surface area is 255 Å². The van der Waals surface area contributed by atoms with E-state index in [0.717, 1.165) is 28.2 Å². The first kappa shape index (κ1) is 31.4. The molecule has 44 heavy (non-hydrogen) atoms. The van der Waals surface area contributed by atoms with Crippen LogP contribution in [-0.4, -0.2) is 94.0 Å². The van der Waals surface area contributed by atoms with Crippen LogP contribution in [0, 0.1) is 0 Å². The first-order valence-electron chi connectivity index (χ1n) is 14.2. The quantitative estimate of drug-likeness (QED) is 0.0704. The number of aromatic amines is 2. The normalized spacial score (nSPS) is 11.7.